The van der Waals surface area contributed by atoms with Gasteiger partial charge in [-0.2, -0.15) is 5.26 Å². The Morgan fingerprint density at radius 1 is 1.33 bits per heavy atom. The summed E-state index contributed by atoms with van der Waals surface area (Å²) in [5.41, 5.74) is 0.322. The van der Waals surface area contributed by atoms with Crippen molar-refractivity contribution in [3.63, 3.8) is 0 Å². The molecule has 0 aliphatic carbocycles. The van der Waals surface area contributed by atoms with Gasteiger partial charge in [0.15, 0.2) is 14.4 Å². The molecule has 80 valence electrons. The molecular weight excluding hydrogens is 209 g/mol. The zero-order chi connectivity index (χ0) is 11.5. The zero-order valence-electron chi connectivity index (χ0n) is 9.12. The van der Waals surface area contributed by atoms with Gasteiger partial charge < -0.3 is 4.43 Å². The number of halogens is 1. The summed E-state index contributed by atoms with van der Waals surface area (Å²) in [6.45, 7) is 5.91. The predicted molar refractivity (Wildman–Crippen MR) is 59.2 cm³/mol. The van der Waals surface area contributed by atoms with E-state index in [1.165, 1.54) is 6.07 Å². The van der Waals surface area contributed by atoms with Crippen LogP contribution in [0.2, 0.25) is 19.6 Å². The minimum absolute atomic E-state index is 0.322. The third-order valence-corrected chi connectivity index (χ3v) is 2.72. The molecule has 0 saturated heterocycles. The van der Waals surface area contributed by atoms with Crippen molar-refractivity contribution in [3.05, 3.63) is 35.6 Å². The molecule has 0 aromatic heterocycles. The molecule has 0 unspecified atom stereocenters. The minimum Gasteiger partial charge on any atom is -0.399 e. The van der Waals surface area contributed by atoms with E-state index in [1.54, 1.807) is 18.2 Å². The van der Waals surface area contributed by atoms with Crippen molar-refractivity contribution in [1.29, 1.82) is 5.26 Å². The van der Waals surface area contributed by atoms with E-state index in [1.807, 2.05) is 25.7 Å². The average molecular weight is 223 g/mol. The highest BCUT2D eigenvalue weighted by atomic mass is 28.4. The van der Waals surface area contributed by atoms with Gasteiger partial charge in [-0.3, -0.25) is 0 Å². The lowest BCUT2D eigenvalue weighted by atomic mass is 10.1. The minimum atomic E-state index is -1.84. The SMILES string of the molecule is C[Si](C)(C)O[C@H](C#N)c1ccccc1F. The van der Waals surface area contributed by atoms with Crippen LogP contribution in [0.25, 0.3) is 0 Å². The van der Waals surface area contributed by atoms with Gasteiger partial charge in [-0.1, -0.05) is 18.2 Å². The predicted octanol–water partition coefficient (Wildman–Crippen LogP) is 3.24. The van der Waals surface area contributed by atoms with Gasteiger partial charge in [-0.25, -0.2) is 4.39 Å². The summed E-state index contributed by atoms with van der Waals surface area (Å²) in [6, 6.07) is 8.22. The number of nitrogens with zero attached hydrogens (tertiary/aromatic N) is 1. The van der Waals surface area contributed by atoms with Gasteiger partial charge in [-0.05, 0) is 25.7 Å². The first kappa shape index (κ1) is 11.9. The van der Waals surface area contributed by atoms with Crippen LogP contribution in [-0.2, 0) is 4.43 Å². The highest BCUT2D eigenvalue weighted by molar-refractivity contribution is 6.69. The first-order valence-electron chi connectivity index (χ1n) is 4.76. The molecule has 0 saturated carbocycles. The van der Waals surface area contributed by atoms with Crippen molar-refractivity contribution in [2.45, 2.75) is 25.7 Å². The molecule has 0 N–H and O–H groups in total. The number of nitriles is 1. The van der Waals surface area contributed by atoms with E-state index in [9.17, 15) is 4.39 Å². The Labute approximate surface area is 90.4 Å². The maximum absolute atomic E-state index is 13.4. The molecule has 0 heterocycles. The Hall–Kier alpha value is -1.18. The molecule has 4 heteroatoms. The van der Waals surface area contributed by atoms with Crippen molar-refractivity contribution < 1.29 is 8.82 Å². The van der Waals surface area contributed by atoms with Gasteiger partial charge in [0.2, 0.25) is 0 Å². The molecule has 1 atom stereocenters. The summed E-state index contributed by atoms with van der Waals surface area (Å²) in [5.74, 6) is -0.387. The molecule has 15 heavy (non-hydrogen) atoms. The smallest absolute Gasteiger partial charge is 0.186 e. The van der Waals surface area contributed by atoms with E-state index < -0.39 is 14.4 Å². The highest BCUT2D eigenvalue weighted by Gasteiger charge is 2.23. The van der Waals surface area contributed by atoms with Crippen LogP contribution in [0.4, 0.5) is 4.39 Å². The van der Waals surface area contributed by atoms with E-state index in [0.29, 0.717) is 5.56 Å². The fraction of sp³-hybridized carbons (Fsp3) is 0.364. The number of hydrogen-bond donors (Lipinski definition) is 0. The first-order valence-corrected chi connectivity index (χ1v) is 8.17. The van der Waals surface area contributed by atoms with Crippen molar-refractivity contribution in [2.75, 3.05) is 0 Å². The molecule has 0 radical (unpaired) electrons. The average Bonchev–Trinajstić information content (AvgIpc) is 2.14. The summed E-state index contributed by atoms with van der Waals surface area (Å²) < 4.78 is 19.0. The van der Waals surface area contributed by atoms with Gasteiger partial charge in [0.1, 0.15) is 5.82 Å². The second kappa shape index (κ2) is 4.56. The Bertz CT molecular complexity index is 381. The molecule has 2 nitrogen and oxygen atoms in total. The molecule has 1 aromatic carbocycles. The van der Waals surface area contributed by atoms with Gasteiger partial charge in [0.25, 0.3) is 0 Å². The second-order valence-electron chi connectivity index (χ2n) is 4.26. The van der Waals surface area contributed by atoms with Crippen LogP contribution in [-0.4, -0.2) is 8.32 Å². The molecule has 0 fully saturated rings. The maximum atomic E-state index is 13.4. The van der Waals surface area contributed by atoms with Crippen LogP contribution in [0.5, 0.6) is 0 Å². The lowest BCUT2D eigenvalue weighted by molar-refractivity contribution is 0.249. The Morgan fingerprint density at radius 3 is 2.40 bits per heavy atom. The topological polar surface area (TPSA) is 33.0 Å². The largest absolute Gasteiger partial charge is 0.399 e. The lowest BCUT2D eigenvalue weighted by Gasteiger charge is -2.21. The van der Waals surface area contributed by atoms with E-state index in [4.69, 9.17) is 9.69 Å². The van der Waals surface area contributed by atoms with E-state index >= 15 is 0 Å². The molecular formula is C11H14FNOSi. The summed E-state index contributed by atoms with van der Waals surface area (Å²) in [6.07, 6.45) is -0.794. The van der Waals surface area contributed by atoms with E-state index in [0.717, 1.165) is 0 Å². The van der Waals surface area contributed by atoms with Gasteiger partial charge in [0, 0.05) is 5.56 Å². The molecule has 0 amide bonds. The molecule has 1 rings (SSSR count). The fourth-order valence-electron chi connectivity index (χ4n) is 1.20. The maximum Gasteiger partial charge on any atom is 0.186 e. The highest BCUT2D eigenvalue weighted by Crippen LogP contribution is 2.23. The van der Waals surface area contributed by atoms with Crippen LogP contribution >= 0.6 is 0 Å². The van der Waals surface area contributed by atoms with Crippen LogP contribution < -0.4 is 0 Å². The van der Waals surface area contributed by atoms with Crippen LogP contribution in [0.3, 0.4) is 0 Å². The quantitative estimate of drug-likeness (QED) is 0.737. The normalized spacial score (nSPS) is 13.3. The van der Waals surface area contributed by atoms with Crippen molar-refractivity contribution >= 4 is 8.32 Å². The van der Waals surface area contributed by atoms with Crippen LogP contribution in [0.15, 0.2) is 24.3 Å². The molecule has 0 spiro atoms. The van der Waals surface area contributed by atoms with Crippen molar-refractivity contribution in [1.82, 2.24) is 0 Å². The summed E-state index contributed by atoms with van der Waals surface area (Å²) in [5, 5.41) is 8.95. The monoisotopic (exact) mass is 223 g/mol. The zero-order valence-corrected chi connectivity index (χ0v) is 10.1. The van der Waals surface area contributed by atoms with Crippen molar-refractivity contribution in [3.8, 4) is 6.07 Å². The first-order chi connectivity index (χ1) is 6.94. The second-order valence-corrected chi connectivity index (χ2v) is 8.72. The fourth-order valence-corrected chi connectivity index (χ4v) is 2.09. The van der Waals surface area contributed by atoms with E-state index in [2.05, 4.69) is 0 Å². The summed E-state index contributed by atoms with van der Waals surface area (Å²) >= 11 is 0. The van der Waals surface area contributed by atoms with Gasteiger partial charge in [-0.15, -0.1) is 0 Å². The van der Waals surface area contributed by atoms with Crippen LogP contribution in [0.1, 0.15) is 11.7 Å². The Kier molecular flexibility index (Phi) is 3.61. The molecule has 0 bridgehead atoms. The lowest BCUT2D eigenvalue weighted by Crippen LogP contribution is -2.27. The molecule has 0 aliphatic rings. The standard InChI is InChI=1S/C11H14FNOSi/c1-15(2,3)14-11(8-13)9-6-4-5-7-10(9)12/h4-7,11H,1-3H3/t11-/m1/s1. The third kappa shape index (κ3) is 3.46. The van der Waals surface area contributed by atoms with Crippen LogP contribution in [0, 0.1) is 17.1 Å². The Morgan fingerprint density at radius 2 is 1.93 bits per heavy atom. The number of rotatable bonds is 3. The number of hydrogen-bond acceptors (Lipinski definition) is 2. The van der Waals surface area contributed by atoms with Gasteiger partial charge >= 0.3 is 0 Å². The van der Waals surface area contributed by atoms with Gasteiger partial charge in [0.05, 0.1) is 6.07 Å². The van der Waals surface area contributed by atoms with Crippen molar-refractivity contribution in [2.24, 2.45) is 0 Å². The Balaban J connectivity index is 2.95. The molecule has 0 aliphatic heterocycles. The third-order valence-electron chi connectivity index (χ3n) is 1.78. The summed E-state index contributed by atoms with van der Waals surface area (Å²) in [7, 11) is -1.84. The number of benzene rings is 1. The molecule has 1 aromatic rings. The van der Waals surface area contributed by atoms with E-state index in [-0.39, 0.29) is 5.82 Å². The summed E-state index contributed by atoms with van der Waals surface area (Å²) in [4.78, 5) is 0.